The summed E-state index contributed by atoms with van der Waals surface area (Å²) in [5, 5.41) is 3.63. The molecule has 0 aromatic heterocycles. The Labute approximate surface area is 132 Å². The van der Waals surface area contributed by atoms with Gasteiger partial charge >= 0.3 is 0 Å². The molecule has 110 valence electrons. The number of nitrogens with one attached hydrogen (secondary N) is 1. The minimum Gasteiger partial charge on any atom is -0.345 e. The van der Waals surface area contributed by atoms with Gasteiger partial charge in [0.2, 0.25) is 0 Å². The van der Waals surface area contributed by atoms with Crippen molar-refractivity contribution in [2.45, 2.75) is 19.4 Å². The fourth-order valence-electron chi connectivity index (χ4n) is 2.03. The Hall–Kier alpha value is -1.58. The number of carbonyl (C=O) groups excluding carboxylic acids is 1. The summed E-state index contributed by atoms with van der Waals surface area (Å²) in [6.45, 7) is 1.96. The van der Waals surface area contributed by atoms with Gasteiger partial charge in [-0.3, -0.25) is 4.79 Å². The fraction of sp³-hybridized carbons (Fsp3) is 0.188. The van der Waals surface area contributed by atoms with Crippen LogP contribution in [0.2, 0.25) is 10.0 Å². The number of amides is 1. The first-order chi connectivity index (χ1) is 10.0. The van der Waals surface area contributed by atoms with Gasteiger partial charge in [0.25, 0.3) is 5.91 Å². The molecule has 0 heterocycles. The van der Waals surface area contributed by atoms with Crippen LogP contribution in [0.25, 0.3) is 0 Å². The number of rotatable bonds is 4. The minimum absolute atomic E-state index is 0.0958. The van der Waals surface area contributed by atoms with E-state index < -0.39 is 5.82 Å². The quantitative estimate of drug-likeness (QED) is 0.840. The van der Waals surface area contributed by atoms with E-state index in [0.717, 1.165) is 11.6 Å². The fourth-order valence-corrected chi connectivity index (χ4v) is 2.40. The zero-order chi connectivity index (χ0) is 15.4. The second-order valence-corrected chi connectivity index (χ2v) is 5.45. The van der Waals surface area contributed by atoms with E-state index in [1.807, 2.05) is 19.1 Å². The highest BCUT2D eigenvalue weighted by Crippen LogP contribution is 2.22. The van der Waals surface area contributed by atoms with Gasteiger partial charge in [-0.2, -0.15) is 0 Å². The molecule has 2 aromatic rings. The van der Waals surface area contributed by atoms with Crippen LogP contribution in [-0.2, 0) is 0 Å². The first-order valence-electron chi connectivity index (χ1n) is 6.52. The Morgan fingerprint density at radius 1 is 1.19 bits per heavy atom. The second-order valence-electron chi connectivity index (χ2n) is 4.61. The van der Waals surface area contributed by atoms with Crippen LogP contribution in [-0.4, -0.2) is 5.91 Å². The Bertz CT molecular complexity index is 643. The van der Waals surface area contributed by atoms with Gasteiger partial charge in [-0.05, 0) is 42.3 Å². The minimum atomic E-state index is -0.471. The van der Waals surface area contributed by atoms with E-state index >= 15 is 0 Å². The zero-order valence-corrected chi connectivity index (χ0v) is 12.9. The van der Waals surface area contributed by atoms with Gasteiger partial charge in [-0.15, -0.1) is 0 Å². The number of hydrogen-bond donors (Lipinski definition) is 1. The van der Waals surface area contributed by atoms with Crippen molar-refractivity contribution < 1.29 is 9.18 Å². The zero-order valence-electron chi connectivity index (χ0n) is 11.4. The van der Waals surface area contributed by atoms with Gasteiger partial charge in [-0.25, -0.2) is 4.39 Å². The second kappa shape index (κ2) is 6.92. The molecule has 0 aliphatic heterocycles. The standard InChI is InChI=1S/C16H14Cl2FNO/c1-2-15(10-3-5-11(17)6-4-10)20-16(21)13-8-7-12(19)9-14(13)18/h3-9,15H,2H2,1H3,(H,20,21). The molecule has 0 saturated carbocycles. The molecule has 0 spiro atoms. The summed E-state index contributed by atoms with van der Waals surface area (Å²) in [7, 11) is 0. The van der Waals surface area contributed by atoms with Crippen molar-refractivity contribution in [2.24, 2.45) is 0 Å². The maximum absolute atomic E-state index is 13.0. The van der Waals surface area contributed by atoms with Gasteiger partial charge in [0.1, 0.15) is 5.82 Å². The van der Waals surface area contributed by atoms with Crippen LogP contribution in [0.4, 0.5) is 4.39 Å². The molecule has 0 aliphatic carbocycles. The van der Waals surface area contributed by atoms with Crippen LogP contribution in [0.1, 0.15) is 35.3 Å². The molecule has 2 aromatic carbocycles. The Kier molecular flexibility index (Phi) is 5.21. The molecule has 2 nitrogen and oxygen atoms in total. The van der Waals surface area contributed by atoms with Gasteiger partial charge in [0, 0.05) is 5.02 Å². The Balaban J connectivity index is 2.18. The van der Waals surface area contributed by atoms with Crippen LogP contribution in [0.15, 0.2) is 42.5 Å². The van der Waals surface area contributed by atoms with E-state index in [1.54, 1.807) is 12.1 Å². The lowest BCUT2D eigenvalue weighted by molar-refractivity contribution is 0.0935. The average Bonchev–Trinajstić information content (AvgIpc) is 2.45. The normalized spacial score (nSPS) is 12.0. The highest BCUT2D eigenvalue weighted by Gasteiger charge is 2.16. The van der Waals surface area contributed by atoms with Crippen LogP contribution < -0.4 is 5.32 Å². The molecule has 1 amide bonds. The van der Waals surface area contributed by atoms with E-state index in [-0.39, 0.29) is 22.5 Å². The van der Waals surface area contributed by atoms with Crippen molar-refractivity contribution in [1.29, 1.82) is 0 Å². The molecule has 21 heavy (non-hydrogen) atoms. The summed E-state index contributed by atoms with van der Waals surface area (Å²) in [5.41, 5.74) is 1.21. The first-order valence-corrected chi connectivity index (χ1v) is 7.28. The van der Waals surface area contributed by atoms with Crippen molar-refractivity contribution >= 4 is 29.1 Å². The Morgan fingerprint density at radius 3 is 2.43 bits per heavy atom. The van der Waals surface area contributed by atoms with E-state index in [2.05, 4.69) is 5.32 Å². The average molecular weight is 326 g/mol. The monoisotopic (exact) mass is 325 g/mol. The van der Waals surface area contributed by atoms with Crippen molar-refractivity contribution in [3.05, 3.63) is 69.5 Å². The van der Waals surface area contributed by atoms with Crippen LogP contribution >= 0.6 is 23.2 Å². The van der Waals surface area contributed by atoms with Gasteiger partial charge in [-0.1, -0.05) is 42.3 Å². The predicted octanol–water partition coefficient (Wildman–Crippen LogP) is 5.01. The highest BCUT2D eigenvalue weighted by molar-refractivity contribution is 6.33. The molecule has 1 unspecified atom stereocenters. The molecular formula is C16H14Cl2FNO. The van der Waals surface area contributed by atoms with Crippen LogP contribution in [0, 0.1) is 5.82 Å². The van der Waals surface area contributed by atoms with Crippen molar-refractivity contribution in [2.75, 3.05) is 0 Å². The third-order valence-corrected chi connectivity index (χ3v) is 3.73. The third kappa shape index (κ3) is 3.96. The summed E-state index contributed by atoms with van der Waals surface area (Å²) in [6, 6.07) is 10.8. The van der Waals surface area contributed by atoms with Crippen molar-refractivity contribution in [3.63, 3.8) is 0 Å². The molecule has 1 atom stereocenters. The molecule has 0 bridgehead atoms. The maximum atomic E-state index is 13.0. The molecule has 0 fully saturated rings. The molecule has 0 aliphatic rings. The predicted molar refractivity (Wildman–Crippen MR) is 83.4 cm³/mol. The summed E-state index contributed by atoms with van der Waals surface area (Å²) in [4.78, 5) is 12.2. The molecular weight excluding hydrogens is 312 g/mol. The number of halogens is 3. The topological polar surface area (TPSA) is 29.1 Å². The lowest BCUT2D eigenvalue weighted by Gasteiger charge is -2.18. The number of carbonyl (C=O) groups is 1. The molecule has 0 saturated heterocycles. The van der Waals surface area contributed by atoms with Crippen LogP contribution in [0.5, 0.6) is 0 Å². The SMILES string of the molecule is CCC(NC(=O)c1ccc(F)cc1Cl)c1ccc(Cl)cc1. The molecule has 1 N–H and O–H groups in total. The van der Waals surface area contributed by atoms with Gasteiger partial charge in [0.05, 0.1) is 16.6 Å². The molecule has 2 rings (SSSR count). The number of benzene rings is 2. The Morgan fingerprint density at radius 2 is 1.86 bits per heavy atom. The van der Waals surface area contributed by atoms with E-state index in [4.69, 9.17) is 23.2 Å². The summed E-state index contributed by atoms with van der Waals surface area (Å²) < 4.78 is 13.0. The summed E-state index contributed by atoms with van der Waals surface area (Å²) in [6.07, 6.45) is 0.714. The van der Waals surface area contributed by atoms with Gasteiger partial charge in [0.15, 0.2) is 0 Å². The van der Waals surface area contributed by atoms with Crippen molar-refractivity contribution in [3.8, 4) is 0 Å². The van der Waals surface area contributed by atoms with E-state index in [9.17, 15) is 9.18 Å². The highest BCUT2D eigenvalue weighted by atomic mass is 35.5. The largest absolute Gasteiger partial charge is 0.345 e. The molecule has 5 heteroatoms. The summed E-state index contributed by atoms with van der Waals surface area (Å²) >= 11 is 11.8. The first kappa shape index (κ1) is 15.8. The number of hydrogen-bond acceptors (Lipinski definition) is 1. The van der Waals surface area contributed by atoms with Crippen LogP contribution in [0.3, 0.4) is 0 Å². The van der Waals surface area contributed by atoms with Gasteiger partial charge < -0.3 is 5.32 Å². The van der Waals surface area contributed by atoms with E-state index in [1.165, 1.54) is 12.1 Å². The lowest BCUT2D eigenvalue weighted by Crippen LogP contribution is -2.28. The van der Waals surface area contributed by atoms with Crippen molar-refractivity contribution in [1.82, 2.24) is 5.32 Å². The smallest absolute Gasteiger partial charge is 0.253 e. The maximum Gasteiger partial charge on any atom is 0.253 e. The third-order valence-electron chi connectivity index (χ3n) is 3.16. The lowest BCUT2D eigenvalue weighted by atomic mass is 10.0. The molecule has 0 radical (unpaired) electrons. The summed E-state index contributed by atoms with van der Waals surface area (Å²) in [5.74, 6) is -0.803. The van der Waals surface area contributed by atoms with E-state index in [0.29, 0.717) is 11.4 Å².